The molecule has 0 heterocycles. The monoisotopic (exact) mass is 486 g/mol. The Balaban J connectivity index is 1.55. The summed E-state index contributed by atoms with van der Waals surface area (Å²) in [5, 5.41) is 6.20. The van der Waals surface area contributed by atoms with Gasteiger partial charge in [-0.05, 0) is 48.5 Å². The van der Waals surface area contributed by atoms with Gasteiger partial charge in [0, 0.05) is 33.9 Å². The van der Waals surface area contributed by atoms with Crippen LogP contribution in [-0.4, -0.2) is 24.4 Å². The van der Waals surface area contributed by atoms with Crippen LogP contribution in [0, 0.1) is 0 Å². The molecule has 0 aromatic heterocycles. The smallest absolute Gasteiger partial charge is 0.342 e. The first-order chi connectivity index (χ1) is 15.8. The minimum Gasteiger partial charge on any atom is -0.488 e. The van der Waals surface area contributed by atoms with Crippen LogP contribution < -0.4 is 15.4 Å². The van der Waals surface area contributed by atoms with Gasteiger partial charge in [0.05, 0.1) is 0 Å². The average molecular weight is 487 g/mol. The van der Waals surface area contributed by atoms with Crippen LogP contribution >= 0.6 is 23.2 Å². The third kappa shape index (κ3) is 7.24. The summed E-state index contributed by atoms with van der Waals surface area (Å²) in [4.78, 5) is 35.7. The topological polar surface area (TPSA) is 93.7 Å². The van der Waals surface area contributed by atoms with Gasteiger partial charge in [0.15, 0.2) is 6.61 Å². The molecule has 0 fully saturated rings. The number of ether oxygens (including phenoxy) is 2. The summed E-state index contributed by atoms with van der Waals surface area (Å²) in [6.07, 6.45) is 0. The van der Waals surface area contributed by atoms with Crippen molar-refractivity contribution < 1.29 is 23.9 Å². The Hall–Kier alpha value is -3.55. The molecule has 33 heavy (non-hydrogen) atoms. The summed E-state index contributed by atoms with van der Waals surface area (Å²) < 4.78 is 10.9. The molecular formula is C24H20Cl2N2O5. The number of esters is 1. The number of carbonyl (C=O) groups is 3. The molecule has 0 aliphatic carbocycles. The molecule has 2 N–H and O–H groups in total. The lowest BCUT2D eigenvalue weighted by Gasteiger charge is -2.12. The van der Waals surface area contributed by atoms with Crippen molar-refractivity contribution in [1.82, 2.24) is 0 Å². The van der Waals surface area contributed by atoms with E-state index in [-0.39, 0.29) is 18.1 Å². The number of rotatable bonds is 8. The Labute approximate surface area is 200 Å². The first-order valence-corrected chi connectivity index (χ1v) is 10.6. The van der Waals surface area contributed by atoms with E-state index in [0.717, 1.165) is 0 Å². The van der Waals surface area contributed by atoms with E-state index < -0.39 is 18.5 Å². The van der Waals surface area contributed by atoms with E-state index in [9.17, 15) is 14.4 Å². The highest BCUT2D eigenvalue weighted by atomic mass is 35.5. The van der Waals surface area contributed by atoms with Crippen molar-refractivity contribution in [1.29, 1.82) is 0 Å². The zero-order chi connectivity index (χ0) is 23.8. The lowest BCUT2D eigenvalue weighted by Crippen LogP contribution is -2.21. The van der Waals surface area contributed by atoms with Crippen LogP contribution in [0.1, 0.15) is 22.8 Å². The minimum atomic E-state index is -0.705. The van der Waals surface area contributed by atoms with E-state index in [1.165, 1.54) is 6.92 Å². The second-order valence-corrected chi connectivity index (χ2v) is 7.75. The minimum absolute atomic E-state index is 0.120. The van der Waals surface area contributed by atoms with E-state index in [1.54, 1.807) is 66.7 Å². The second-order valence-electron chi connectivity index (χ2n) is 6.90. The van der Waals surface area contributed by atoms with Crippen LogP contribution in [0.3, 0.4) is 0 Å². The van der Waals surface area contributed by atoms with Gasteiger partial charge < -0.3 is 20.1 Å². The summed E-state index contributed by atoms with van der Waals surface area (Å²) in [5.74, 6) is -1.12. The molecule has 0 aliphatic rings. The molecular weight excluding hydrogens is 467 g/mol. The Kier molecular flexibility index (Phi) is 8.29. The summed E-state index contributed by atoms with van der Waals surface area (Å²) in [5.41, 5.74) is 1.97. The fourth-order valence-corrected chi connectivity index (χ4v) is 3.26. The number of halogens is 2. The van der Waals surface area contributed by atoms with Gasteiger partial charge in [0.25, 0.3) is 5.91 Å². The Morgan fingerprint density at radius 3 is 2.21 bits per heavy atom. The van der Waals surface area contributed by atoms with Gasteiger partial charge in [0.1, 0.15) is 17.9 Å². The van der Waals surface area contributed by atoms with Gasteiger partial charge in [-0.3, -0.25) is 9.59 Å². The van der Waals surface area contributed by atoms with Crippen LogP contribution in [0.2, 0.25) is 10.0 Å². The van der Waals surface area contributed by atoms with E-state index >= 15 is 0 Å². The summed E-state index contributed by atoms with van der Waals surface area (Å²) in [6, 6.07) is 18.1. The third-order valence-electron chi connectivity index (χ3n) is 4.33. The first kappa shape index (κ1) is 24.1. The van der Waals surface area contributed by atoms with Gasteiger partial charge in [-0.2, -0.15) is 0 Å². The Morgan fingerprint density at radius 1 is 0.879 bits per heavy atom. The maximum Gasteiger partial charge on any atom is 0.342 e. The quantitative estimate of drug-likeness (QED) is 0.419. The predicted molar refractivity (Wildman–Crippen MR) is 127 cm³/mol. The third-order valence-corrected chi connectivity index (χ3v) is 4.92. The highest BCUT2D eigenvalue weighted by Crippen LogP contribution is 2.25. The van der Waals surface area contributed by atoms with E-state index in [4.69, 9.17) is 32.7 Å². The Bertz CT molecular complexity index is 1170. The number of hydrogen-bond donors (Lipinski definition) is 2. The molecule has 170 valence electrons. The maximum absolute atomic E-state index is 12.5. The summed E-state index contributed by atoms with van der Waals surface area (Å²) in [7, 11) is 0. The largest absolute Gasteiger partial charge is 0.488 e. The van der Waals surface area contributed by atoms with Crippen LogP contribution in [-0.2, 0) is 20.9 Å². The van der Waals surface area contributed by atoms with Crippen LogP contribution in [0.15, 0.2) is 66.7 Å². The van der Waals surface area contributed by atoms with Crippen molar-refractivity contribution in [3.8, 4) is 5.75 Å². The van der Waals surface area contributed by atoms with Crippen molar-refractivity contribution in [3.63, 3.8) is 0 Å². The van der Waals surface area contributed by atoms with E-state index in [2.05, 4.69) is 10.6 Å². The number of para-hydroxylation sites is 1. The molecule has 0 atom stereocenters. The average Bonchev–Trinajstić information content (AvgIpc) is 2.78. The highest BCUT2D eigenvalue weighted by Gasteiger charge is 2.16. The predicted octanol–water partition coefficient (Wildman–Crippen LogP) is 5.33. The number of benzene rings is 3. The molecule has 3 aromatic carbocycles. The molecule has 3 rings (SSSR count). The highest BCUT2D eigenvalue weighted by molar-refractivity contribution is 6.35. The molecule has 0 saturated heterocycles. The summed E-state index contributed by atoms with van der Waals surface area (Å²) >= 11 is 12.1. The lowest BCUT2D eigenvalue weighted by atomic mass is 10.2. The van der Waals surface area contributed by atoms with Crippen molar-refractivity contribution in [2.24, 2.45) is 0 Å². The zero-order valence-electron chi connectivity index (χ0n) is 17.6. The molecule has 3 aromatic rings. The fraction of sp³-hybridized carbons (Fsp3) is 0.125. The first-order valence-electron chi connectivity index (χ1n) is 9.82. The summed E-state index contributed by atoms with van der Waals surface area (Å²) in [6.45, 7) is 1.04. The van der Waals surface area contributed by atoms with E-state index in [1.807, 2.05) is 0 Å². The van der Waals surface area contributed by atoms with Gasteiger partial charge in [0.2, 0.25) is 5.91 Å². The van der Waals surface area contributed by atoms with Crippen LogP contribution in [0.4, 0.5) is 11.4 Å². The molecule has 0 radical (unpaired) electrons. The molecule has 0 spiro atoms. The van der Waals surface area contributed by atoms with Crippen LogP contribution in [0.25, 0.3) is 0 Å². The van der Waals surface area contributed by atoms with Crippen molar-refractivity contribution in [2.45, 2.75) is 13.5 Å². The normalized spacial score (nSPS) is 10.3. The molecule has 0 bridgehead atoms. The number of carbonyl (C=O) groups excluding carboxylic acids is 3. The maximum atomic E-state index is 12.5. The molecule has 2 amide bonds. The fourth-order valence-electron chi connectivity index (χ4n) is 2.80. The van der Waals surface area contributed by atoms with Gasteiger partial charge in [-0.25, -0.2) is 4.79 Å². The standard InChI is InChI=1S/C24H20Cl2N2O5/c1-15(29)27-18-8-10-19(11-9-18)28-23(30)14-33-24(31)20-4-2-3-5-22(20)32-13-16-6-7-17(25)12-21(16)26/h2-12H,13-14H2,1H3,(H,27,29)(H,28,30). The number of nitrogens with one attached hydrogen (secondary N) is 2. The Morgan fingerprint density at radius 2 is 1.55 bits per heavy atom. The number of anilines is 2. The van der Waals surface area contributed by atoms with Gasteiger partial charge in [-0.1, -0.05) is 41.4 Å². The van der Waals surface area contributed by atoms with Gasteiger partial charge in [-0.15, -0.1) is 0 Å². The van der Waals surface area contributed by atoms with Crippen molar-refractivity contribution >= 4 is 52.4 Å². The molecule has 9 heteroatoms. The number of hydrogen-bond acceptors (Lipinski definition) is 5. The van der Waals surface area contributed by atoms with Crippen molar-refractivity contribution in [3.05, 3.63) is 87.9 Å². The van der Waals surface area contributed by atoms with Crippen molar-refractivity contribution in [2.75, 3.05) is 17.2 Å². The van der Waals surface area contributed by atoms with E-state index in [0.29, 0.717) is 32.7 Å². The SMILES string of the molecule is CC(=O)Nc1ccc(NC(=O)COC(=O)c2ccccc2OCc2ccc(Cl)cc2Cl)cc1. The second kappa shape index (κ2) is 11.4. The van der Waals surface area contributed by atoms with Crippen LogP contribution in [0.5, 0.6) is 5.75 Å². The number of amides is 2. The molecule has 0 aliphatic heterocycles. The molecule has 0 unspecified atom stereocenters. The molecule has 7 nitrogen and oxygen atoms in total. The molecule has 0 saturated carbocycles. The lowest BCUT2D eigenvalue weighted by molar-refractivity contribution is -0.119. The van der Waals surface area contributed by atoms with Gasteiger partial charge >= 0.3 is 5.97 Å². The zero-order valence-corrected chi connectivity index (χ0v) is 19.1.